The molecule has 2 N–H and O–H groups in total. The number of aliphatic hydroxyl groups excluding tert-OH is 1. The van der Waals surface area contributed by atoms with Gasteiger partial charge in [0.25, 0.3) is 5.91 Å². The summed E-state index contributed by atoms with van der Waals surface area (Å²) in [4.78, 5) is 24.6. The summed E-state index contributed by atoms with van der Waals surface area (Å²) in [5, 5.41) is 18.9. The lowest BCUT2D eigenvalue weighted by atomic mass is 10.1. The second kappa shape index (κ2) is 5.19. The van der Waals surface area contributed by atoms with Gasteiger partial charge in [-0.1, -0.05) is 17.7 Å². The van der Waals surface area contributed by atoms with Crippen LogP contribution in [-0.4, -0.2) is 45.7 Å². The van der Waals surface area contributed by atoms with E-state index in [1.165, 1.54) is 0 Å². The molecule has 1 aromatic rings. The molecule has 1 aliphatic rings. The van der Waals surface area contributed by atoms with Crippen LogP contribution >= 0.6 is 11.6 Å². The van der Waals surface area contributed by atoms with Crippen molar-refractivity contribution in [3.63, 3.8) is 0 Å². The summed E-state index contributed by atoms with van der Waals surface area (Å²) >= 11 is 6.01. The lowest BCUT2D eigenvalue weighted by Gasteiger charge is -2.21. The molecule has 0 aliphatic carbocycles. The minimum Gasteiger partial charge on any atom is -0.480 e. The molecule has 0 unspecified atom stereocenters. The molecule has 2 atom stereocenters. The standard InChI is InChI=1S/C13H14ClNO4/c1-7-2-3-9(10(14)4-7)12(17)15-6-8(16)5-11(15)13(18)19/h2-4,8,11,16H,5-6H2,1H3,(H,18,19)/t8-,11-/m1/s1. The first-order valence-corrected chi connectivity index (χ1v) is 6.26. The van der Waals surface area contributed by atoms with Gasteiger partial charge in [0.2, 0.25) is 0 Å². The fourth-order valence-electron chi connectivity index (χ4n) is 2.22. The second-order valence-electron chi connectivity index (χ2n) is 4.68. The number of carboxylic acids is 1. The Hall–Kier alpha value is -1.59. The first-order chi connectivity index (χ1) is 8.90. The van der Waals surface area contributed by atoms with E-state index < -0.39 is 24.0 Å². The van der Waals surface area contributed by atoms with Gasteiger partial charge < -0.3 is 15.1 Å². The molecule has 1 aliphatic heterocycles. The number of aliphatic hydroxyl groups is 1. The second-order valence-corrected chi connectivity index (χ2v) is 5.09. The third-order valence-electron chi connectivity index (χ3n) is 3.18. The van der Waals surface area contributed by atoms with E-state index in [1.807, 2.05) is 6.92 Å². The summed E-state index contributed by atoms with van der Waals surface area (Å²) in [5.41, 5.74) is 1.17. The van der Waals surface area contributed by atoms with Gasteiger partial charge in [0, 0.05) is 13.0 Å². The molecule has 0 spiro atoms. The SMILES string of the molecule is Cc1ccc(C(=O)N2C[C@H](O)C[C@@H]2C(=O)O)c(Cl)c1. The predicted octanol–water partition coefficient (Wildman–Crippen LogP) is 1.31. The largest absolute Gasteiger partial charge is 0.480 e. The van der Waals surface area contributed by atoms with Crippen molar-refractivity contribution in [2.75, 3.05) is 6.54 Å². The van der Waals surface area contributed by atoms with Crippen molar-refractivity contribution in [2.24, 2.45) is 0 Å². The van der Waals surface area contributed by atoms with Crippen LogP contribution < -0.4 is 0 Å². The van der Waals surface area contributed by atoms with Crippen LogP contribution in [0.15, 0.2) is 18.2 Å². The van der Waals surface area contributed by atoms with Gasteiger partial charge in [0.05, 0.1) is 16.7 Å². The number of amides is 1. The smallest absolute Gasteiger partial charge is 0.326 e. The number of aliphatic carboxylic acids is 1. The van der Waals surface area contributed by atoms with E-state index in [-0.39, 0.29) is 23.6 Å². The molecule has 1 fully saturated rings. The molecular formula is C13H14ClNO4. The zero-order valence-electron chi connectivity index (χ0n) is 10.3. The monoisotopic (exact) mass is 283 g/mol. The van der Waals surface area contributed by atoms with Crippen molar-refractivity contribution in [2.45, 2.75) is 25.5 Å². The van der Waals surface area contributed by atoms with Crippen LogP contribution in [0.2, 0.25) is 5.02 Å². The Morgan fingerprint density at radius 2 is 2.11 bits per heavy atom. The Morgan fingerprint density at radius 1 is 1.42 bits per heavy atom. The molecule has 6 heteroatoms. The molecule has 0 aromatic heterocycles. The topological polar surface area (TPSA) is 77.8 Å². The third-order valence-corrected chi connectivity index (χ3v) is 3.49. The highest BCUT2D eigenvalue weighted by atomic mass is 35.5. The van der Waals surface area contributed by atoms with Crippen molar-refractivity contribution in [3.8, 4) is 0 Å². The van der Waals surface area contributed by atoms with Crippen LogP contribution in [-0.2, 0) is 4.79 Å². The summed E-state index contributed by atoms with van der Waals surface area (Å²) in [6.45, 7) is 1.86. The summed E-state index contributed by atoms with van der Waals surface area (Å²) in [7, 11) is 0. The van der Waals surface area contributed by atoms with Gasteiger partial charge in [0.1, 0.15) is 6.04 Å². The van der Waals surface area contributed by atoms with Gasteiger partial charge in [0.15, 0.2) is 0 Å². The van der Waals surface area contributed by atoms with Gasteiger partial charge in [-0.15, -0.1) is 0 Å². The van der Waals surface area contributed by atoms with E-state index in [4.69, 9.17) is 16.7 Å². The number of nitrogens with zero attached hydrogens (tertiary/aromatic N) is 1. The van der Waals surface area contributed by atoms with Gasteiger partial charge in [-0.25, -0.2) is 4.79 Å². The minimum atomic E-state index is -1.12. The number of halogens is 1. The normalized spacial score (nSPS) is 22.6. The summed E-state index contributed by atoms with van der Waals surface area (Å²) in [5.74, 6) is -1.58. The average Bonchev–Trinajstić information content (AvgIpc) is 2.70. The number of likely N-dealkylation sites (tertiary alicyclic amines) is 1. The van der Waals surface area contributed by atoms with Gasteiger partial charge in [-0.2, -0.15) is 0 Å². The Balaban J connectivity index is 2.30. The van der Waals surface area contributed by atoms with E-state index in [0.717, 1.165) is 10.5 Å². The molecule has 1 amide bonds. The first kappa shape index (κ1) is 13.8. The van der Waals surface area contributed by atoms with Crippen LogP contribution in [0.3, 0.4) is 0 Å². The zero-order valence-corrected chi connectivity index (χ0v) is 11.1. The number of β-amino-alcohol motifs (C(OH)–C–C–N with tert-alkyl or cyclic N) is 1. The van der Waals surface area contributed by atoms with E-state index in [2.05, 4.69) is 0 Å². The van der Waals surface area contributed by atoms with E-state index >= 15 is 0 Å². The van der Waals surface area contributed by atoms with Crippen molar-refractivity contribution in [1.82, 2.24) is 4.90 Å². The molecule has 102 valence electrons. The Bertz CT molecular complexity index is 531. The maximum absolute atomic E-state index is 12.3. The average molecular weight is 284 g/mol. The molecule has 0 radical (unpaired) electrons. The van der Waals surface area contributed by atoms with Crippen LogP contribution in [0.4, 0.5) is 0 Å². The fourth-order valence-corrected chi connectivity index (χ4v) is 2.54. The number of rotatable bonds is 2. The minimum absolute atomic E-state index is 0.0139. The highest BCUT2D eigenvalue weighted by Crippen LogP contribution is 2.25. The highest BCUT2D eigenvalue weighted by Gasteiger charge is 2.39. The van der Waals surface area contributed by atoms with Gasteiger partial charge in [-0.3, -0.25) is 4.79 Å². The van der Waals surface area contributed by atoms with Crippen molar-refractivity contribution >= 4 is 23.5 Å². The van der Waals surface area contributed by atoms with Crippen molar-refractivity contribution < 1.29 is 19.8 Å². The quantitative estimate of drug-likeness (QED) is 0.858. The summed E-state index contributed by atoms with van der Waals surface area (Å²) in [6, 6.07) is 3.96. The van der Waals surface area contributed by atoms with Crippen LogP contribution in [0.1, 0.15) is 22.3 Å². The Kier molecular flexibility index (Phi) is 3.78. The van der Waals surface area contributed by atoms with E-state index in [1.54, 1.807) is 18.2 Å². The van der Waals surface area contributed by atoms with Crippen LogP contribution in [0, 0.1) is 6.92 Å². The number of carboxylic acid groups (broad SMARTS) is 1. The van der Waals surface area contributed by atoms with Crippen LogP contribution in [0.25, 0.3) is 0 Å². The third kappa shape index (κ3) is 2.72. The van der Waals surface area contributed by atoms with Gasteiger partial charge in [-0.05, 0) is 24.6 Å². The molecule has 1 saturated heterocycles. The molecule has 1 aromatic carbocycles. The maximum Gasteiger partial charge on any atom is 0.326 e. The molecular weight excluding hydrogens is 270 g/mol. The number of aryl methyl sites for hydroxylation is 1. The van der Waals surface area contributed by atoms with E-state index in [0.29, 0.717) is 0 Å². The summed E-state index contributed by atoms with van der Waals surface area (Å²) < 4.78 is 0. The number of carbonyl (C=O) groups is 2. The maximum atomic E-state index is 12.3. The molecule has 5 nitrogen and oxygen atoms in total. The van der Waals surface area contributed by atoms with Crippen LogP contribution in [0.5, 0.6) is 0 Å². The van der Waals surface area contributed by atoms with Crippen molar-refractivity contribution in [3.05, 3.63) is 34.3 Å². The number of carbonyl (C=O) groups excluding carboxylic acids is 1. The number of hydrogen-bond donors (Lipinski definition) is 2. The molecule has 0 saturated carbocycles. The lowest BCUT2D eigenvalue weighted by Crippen LogP contribution is -2.40. The first-order valence-electron chi connectivity index (χ1n) is 5.88. The lowest BCUT2D eigenvalue weighted by molar-refractivity contribution is -0.141. The Morgan fingerprint density at radius 3 is 2.68 bits per heavy atom. The van der Waals surface area contributed by atoms with Crippen molar-refractivity contribution in [1.29, 1.82) is 0 Å². The highest BCUT2D eigenvalue weighted by molar-refractivity contribution is 6.34. The molecule has 0 bridgehead atoms. The number of benzene rings is 1. The van der Waals surface area contributed by atoms with E-state index in [9.17, 15) is 14.7 Å². The number of hydrogen-bond acceptors (Lipinski definition) is 3. The predicted molar refractivity (Wildman–Crippen MR) is 69.3 cm³/mol. The fraction of sp³-hybridized carbons (Fsp3) is 0.385. The molecule has 2 rings (SSSR count). The van der Waals surface area contributed by atoms with Gasteiger partial charge >= 0.3 is 5.97 Å². The molecule has 1 heterocycles. The Labute approximate surface area is 115 Å². The molecule has 19 heavy (non-hydrogen) atoms. The summed E-state index contributed by atoms with van der Waals surface area (Å²) in [6.07, 6.45) is -0.765. The zero-order chi connectivity index (χ0) is 14.2.